The first-order chi connectivity index (χ1) is 18.1. The van der Waals surface area contributed by atoms with Crippen molar-refractivity contribution in [3.8, 4) is 23.3 Å². The van der Waals surface area contributed by atoms with Crippen molar-refractivity contribution >= 4 is 11.7 Å². The summed E-state index contributed by atoms with van der Waals surface area (Å²) in [6.45, 7) is 0.988. The quantitative estimate of drug-likeness (QED) is 0.298. The number of hydrogen-bond acceptors (Lipinski definition) is 6. The summed E-state index contributed by atoms with van der Waals surface area (Å²) in [5.41, 5.74) is 7.87. The van der Waals surface area contributed by atoms with Gasteiger partial charge in [-0.1, -0.05) is 30.3 Å². The summed E-state index contributed by atoms with van der Waals surface area (Å²) >= 11 is 0. The number of nitriles is 1. The molecule has 1 amide bonds. The van der Waals surface area contributed by atoms with Crippen LogP contribution in [0.2, 0.25) is 0 Å². The third-order valence-electron chi connectivity index (χ3n) is 5.54. The van der Waals surface area contributed by atoms with Crippen LogP contribution in [0.4, 0.5) is 10.2 Å². The first-order valence-corrected chi connectivity index (χ1v) is 11.8. The number of nitrogen functional groups attached to an aromatic ring is 1. The summed E-state index contributed by atoms with van der Waals surface area (Å²) in [7, 11) is 0. The maximum Gasteiger partial charge on any atom is 0.255 e. The number of halogens is 1. The smallest absolute Gasteiger partial charge is 0.255 e. The average Bonchev–Trinajstić information content (AvgIpc) is 3.25. The maximum atomic E-state index is 13.3. The molecule has 1 heterocycles. The number of anilines is 1. The molecular formula is C28H26FN5O3. The number of rotatable bonds is 11. The molecular weight excluding hydrogens is 473 g/mol. The fourth-order valence-corrected chi connectivity index (χ4v) is 3.72. The van der Waals surface area contributed by atoms with Crippen molar-refractivity contribution in [3.05, 3.63) is 102 Å². The number of aromatic nitrogens is 2. The zero-order valence-electron chi connectivity index (χ0n) is 20.1. The molecule has 0 atom stereocenters. The minimum atomic E-state index is -0.376. The van der Waals surface area contributed by atoms with E-state index in [0.29, 0.717) is 48.7 Å². The molecule has 188 valence electrons. The third-order valence-corrected chi connectivity index (χ3v) is 5.54. The highest BCUT2D eigenvalue weighted by Gasteiger charge is 2.17. The lowest BCUT2D eigenvalue weighted by molar-refractivity contribution is 0.0948. The van der Waals surface area contributed by atoms with Gasteiger partial charge in [0.15, 0.2) is 0 Å². The lowest BCUT2D eigenvalue weighted by atomic mass is 10.1. The van der Waals surface area contributed by atoms with Crippen molar-refractivity contribution < 1.29 is 18.7 Å². The molecule has 0 aliphatic heterocycles. The van der Waals surface area contributed by atoms with Crippen molar-refractivity contribution in [1.82, 2.24) is 15.1 Å². The van der Waals surface area contributed by atoms with Crippen LogP contribution in [0.25, 0.3) is 5.69 Å². The average molecular weight is 500 g/mol. The molecule has 3 N–H and O–H groups in total. The molecule has 8 nitrogen and oxygen atoms in total. The van der Waals surface area contributed by atoms with Crippen LogP contribution >= 0.6 is 0 Å². The second-order valence-electron chi connectivity index (χ2n) is 8.07. The fraction of sp³-hybridized carbons (Fsp3) is 0.179. The van der Waals surface area contributed by atoms with Crippen LogP contribution in [0, 0.1) is 17.1 Å². The van der Waals surface area contributed by atoms with Crippen LogP contribution < -0.4 is 20.5 Å². The number of ether oxygens (including phenoxy) is 2. The molecule has 0 radical (unpaired) electrons. The summed E-state index contributed by atoms with van der Waals surface area (Å²) in [6.07, 6.45) is 0.963. The minimum absolute atomic E-state index is 0.190. The summed E-state index contributed by atoms with van der Waals surface area (Å²) < 4.78 is 26.1. The zero-order valence-corrected chi connectivity index (χ0v) is 20.1. The van der Waals surface area contributed by atoms with Crippen molar-refractivity contribution in [1.29, 1.82) is 5.26 Å². The monoisotopic (exact) mass is 499 g/mol. The number of carbonyl (C=O) groups excluding carboxylic acids is 1. The molecule has 37 heavy (non-hydrogen) atoms. The first-order valence-electron chi connectivity index (χ1n) is 11.8. The molecule has 0 saturated heterocycles. The Bertz CT molecular complexity index is 1380. The van der Waals surface area contributed by atoms with Crippen molar-refractivity contribution in [2.24, 2.45) is 0 Å². The number of nitrogens with zero attached hydrogens (tertiary/aromatic N) is 3. The van der Waals surface area contributed by atoms with Crippen molar-refractivity contribution in [2.75, 3.05) is 25.5 Å². The lowest BCUT2D eigenvalue weighted by Crippen LogP contribution is -2.25. The van der Waals surface area contributed by atoms with E-state index < -0.39 is 0 Å². The van der Waals surface area contributed by atoms with E-state index in [2.05, 4.69) is 16.5 Å². The topological polar surface area (TPSA) is 115 Å². The fourth-order valence-electron chi connectivity index (χ4n) is 3.72. The molecule has 0 fully saturated rings. The lowest BCUT2D eigenvalue weighted by Gasteiger charge is -2.12. The number of aryl methyl sites for hydroxylation is 1. The normalized spacial score (nSPS) is 10.5. The Balaban J connectivity index is 1.30. The highest BCUT2D eigenvalue weighted by molar-refractivity contribution is 5.96. The van der Waals surface area contributed by atoms with Gasteiger partial charge in [-0.25, -0.2) is 9.07 Å². The highest BCUT2D eigenvalue weighted by atomic mass is 19.1. The molecule has 3 aromatic carbocycles. The van der Waals surface area contributed by atoms with E-state index in [-0.39, 0.29) is 29.7 Å². The zero-order chi connectivity index (χ0) is 26.0. The van der Waals surface area contributed by atoms with Crippen LogP contribution in [0.5, 0.6) is 11.5 Å². The summed E-state index contributed by atoms with van der Waals surface area (Å²) in [6, 6.07) is 24.2. The van der Waals surface area contributed by atoms with Gasteiger partial charge in [0.05, 0.1) is 16.9 Å². The first kappa shape index (κ1) is 25.3. The Hall–Kier alpha value is -4.84. The minimum Gasteiger partial charge on any atom is -0.490 e. The molecule has 4 rings (SSSR count). The number of hydrogen-bond donors (Lipinski definition) is 2. The standard InChI is InChI=1S/C28H26FN5O3/c29-20-12-14-21(15-13-20)34-27(31)24(19-30)25(33-34)10-6-16-32-28(35)23-9-4-5-11-26(23)37-18-17-36-22-7-2-1-3-8-22/h1-5,7-9,11-15H,6,10,16-18,31H2,(H,32,35). The van der Waals surface area contributed by atoms with Gasteiger partial charge in [-0.3, -0.25) is 4.79 Å². The van der Waals surface area contributed by atoms with E-state index in [0.717, 1.165) is 5.75 Å². The molecule has 0 aliphatic carbocycles. The van der Waals surface area contributed by atoms with Gasteiger partial charge in [-0.15, -0.1) is 0 Å². The van der Waals surface area contributed by atoms with Crippen LogP contribution in [-0.2, 0) is 6.42 Å². The molecule has 4 aromatic rings. The molecule has 0 spiro atoms. The number of para-hydroxylation sites is 2. The van der Waals surface area contributed by atoms with E-state index in [9.17, 15) is 14.4 Å². The summed E-state index contributed by atoms with van der Waals surface area (Å²) in [5, 5.41) is 16.9. The van der Waals surface area contributed by atoms with Gasteiger partial charge in [0.2, 0.25) is 0 Å². The number of nitrogens with two attached hydrogens (primary N) is 1. The Morgan fingerprint density at radius 2 is 1.70 bits per heavy atom. The molecule has 0 bridgehead atoms. The van der Waals surface area contributed by atoms with Gasteiger partial charge in [-0.2, -0.15) is 10.4 Å². The molecule has 0 aliphatic rings. The Morgan fingerprint density at radius 1 is 1.00 bits per heavy atom. The second-order valence-corrected chi connectivity index (χ2v) is 8.07. The molecule has 0 saturated carbocycles. The van der Waals surface area contributed by atoms with Crippen LogP contribution in [0.3, 0.4) is 0 Å². The van der Waals surface area contributed by atoms with E-state index in [1.165, 1.54) is 28.9 Å². The number of nitrogens with one attached hydrogen (secondary N) is 1. The van der Waals surface area contributed by atoms with E-state index in [1.54, 1.807) is 24.3 Å². The Morgan fingerprint density at radius 3 is 2.46 bits per heavy atom. The molecule has 0 unspecified atom stereocenters. The van der Waals surface area contributed by atoms with Gasteiger partial charge >= 0.3 is 0 Å². The molecule has 1 aromatic heterocycles. The highest BCUT2D eigenvalue weighted by Crippen LogP contribution is 2.22. The number of benzene rings is 3. The molecule has 9 heteroatoms. The summed E-state index contributed by atoms with van der Waals surface area (Å²) in [5.74, 6) is 0.764. The third kappa shape index (κ3) is 6.44. The van der Waals surface area contributed by atoms with E-state index >= 15 is 0 Å². The van der Waals surface area contributed by atoms with Crippen LogP contribution in [0.1, 0.15) is 28.0 Å². The van der Waals surface area contributed by atoms with Crippen molar-refractivity contribution in [2.45, 2.75) is 12.8 Å². The SMILES string of the molecule is N#Cc1c(CCCNC(=O)c2ccccc2OCCOc2ccccc2)nn(-c2ccc(F)cc2)c1N. The van der Waals surface area contributed by atoms with Crippen LogP contribution in [-0.4, -0.2) is 35.4 Å². The maximum absolute atomic E-state index is 13.3. The Kier molecular flexibility index (Phi) is 8.34. The largest absolute Gasteiger partial charge is 0.490 e. The summed E-state index contributed by atoms with van der Waals surface area (Å²) in [4.78, 5) is 12.8. The van der Waals surface area contributed by atoms with Gasteiger partial charge in [0, 0.05) is 6.54 Å². The van der Waals surface area contributed by atoms with Crippen LogP contribution in [0.15, 0.2) is 78.9 Å². The predicted molar refractivity (Wildman–Crippen MR) is 137 cm³/mol. The second kappa shape index (κ2) is 12.2. The van der Waals surface area contributed by atoms with E-state index in [4.69, 9.17) is 15.2 Å². The van der Waals surface area contributed by atoms with Gasteiger partial charge < -0.3 is 20.5 Å². The van der Waals surface area contributed by atoms with Gasteiger partial charge in [0.1, 0.15) is 48.0 Å². The van der Waals surface area contributed by atoms with Gasteiger partial charge in [0.25, 0.3) is 5.91 Å². The number of carbonyl (C=O) groups is 1. The predicted octanol–water partition coefficient (Wildman–Crippen LogP) is 4.29. The number of amides is 1. The Labute approximate surface area is 214 Å². The van der Waals surface area contributed by atoms with Gasteiger partial charge in [-0.05, 0) is 61.4 Å². The van der Waals surface area contributed by atoms with Crippen molar-refractivity contribution in [3.63, 3.8) is 0 Å². The van der Waals surface area contributed by atoms with E-state index in [1.807, 2.05) is 30.3 Å².